The second-order valence-electron chi connectivity index (χ2n) is 7.49. The Bertz CT molecular complexity index is 1360. The first kappa shape index (κ1) is 21.4. The van der Waals surface area contributed by atoms with Gasteiger partial charge in [0, 0.05) is 11.1 Å². The van der Waals surface area contributed by atoms with Crippen LogP contribution in [0.5, 0.6) is 17.2 Å². The maximum atomic E-state index is 14.1. The summed E-state index contributed by atoms with van der Waals surface area (Å²) in [6, 6.07) is 15.2. The van der Waals surface area contributed by atoms with Crippen molar-refractivity contribution in [2.45, 2.75) is 20.5 Å². The highest BCUT2D eigenvalue weighted by Gasteiger charge is 2.21. The lowest BCUT2D eigenvalue weighted by atomic mass is 10.0. The maximum Gasteiger partial charge on any atom is 0.235 e. The molecule has 4 rings (SSSR count). The zero-order chi connectivity index (χ0) is 22.8. The van der Waals surface area contributed by atoms with E-state index in [-0.39, 0.29) is 23.5 Å². The summed E-state index contributed by atoms with van der Waals surface area (Å²) in [6.45, 7) is 3.67. The smallest absolute Gasteiger partial charge is 0.235 e. The fourth-order valence-corrected chi connectivity index (χ4v) is 3.74. The van der Waals surface area contributed by atoms with Gasteiger partial charge in [0.25, 0.3) is 0 Å². The number of benzene rings is 3. The molecular formula is C26H23FO5. The topological polar surface area (TPSA) is 57.9 Å². The van der Waals surface area contributed by atoms with Crippen molar-refractivity contribution in [2.75, 3.05) is 14.2 Å². The minimum absolute atomic E-state index is 0.0138. The zero-order valence-electron chi connectivity index (χ0n) is 18.3. The summed E-state index contributed by atoms with van der Waals surface area (Å²) in [5.41, 5.74) is 2.80. The van der Waals surface area contributed by atoms with Crippen LogP contribution >= 0.6 is 0 Å². The van der Waals surface area contributed by atoms with Crippen LogP contribution in [0.4, 0.5) is 4.39 Å². The number of fused-ring (bicyclic) bond motifs is 1. The van der Waals surface area contributed by atoms with Gasteiger partial charge < -0.3 is 18.6 Å². The molecule has 3 aromatic carbocycles. The first-order valence-corrected chi connectivity index (χ1v) is 10.1. The van der Waals surface area contributed by atoms with Crippen LogP contribution in [0.2, 0.25) is 0 Å². The Morgan fingerprint density at radius 2 is 1.69 bits per heavy atom. The van der Waals surface area contributed by atoms with Gasteiger partial charge in [0.2, 0.25) is 11.2 Å². The second kappa shape index (κ2) is 8.75. The lowest BCUT2D eigenvalue weighted by molar-refractivity contribution is 0.292. The van der Waals surface area contributed by atoms with Crippen LogP contribution in [0.25, 0.3) is 22.3 Å². The van der Waals surface area contributed by atoms with Crippen molar-refractivity contribution >= 4 is 11.0 Å². The summed E-state index contributed by atoms with van der Waals surface area (Å²) in [5.74, 6) is 0.870. The number of ether oxygens (including phenoxy) is 3. The van der Waals surface area contributed by atoms with Crippen molar-refractivity contribution in [3.05, 3.63) is 87.3 Å². The van der Waals surface area contributed by atoms with Gasteiger partial charge in [-0.3, -0.25) is 4.79 Å². The van der Waals surface area contributed by atoms with Crippen molar-refractivity contribution in [3.63, 3.8) is 0 Å². The third-order valence-electron chi connectivity index (χ3n) is 5.27. The Morgan fingerprint density at radius 1 is 0.938 bits per heavy atom. The molecule has 0 bridgehead atoms. The Balaban J connectivity index is 1.93. The van der Waals surface area contributed by atoms with E-state index in [1.807, 2.05) is 26.0 Å². The molecule has 0 aliphatic rings. The lowest BCUT2D eigenvalue weighted by Crippen LogP contribution is -2.12. The predicted octanol–water partition coefficient (Wildman–Crippen LogP) is 5.81. The molecule has 0 saturated carbocycles. The van der Waals surface area contributed by atoms with Gasteiger partial charge in [0.15, 0.2) is 17.3 Å². The molecule has 0 spiro atoms. The number of rotatable bonds is 6. The molecule has 32 heavy (non-hydrogen) atoms. The Morgan fingerprint density at radius 3 is 2.41 bits per heavy atom. The van der Waals surface area contributed by atoms with Crippen molar-refractivity contribution in [3.8, 4) is 28.6 Å². The summed E-state index contributed by atoms with van der Waals surface area (Å²) >= 11 is 0. The van der Waals surface area contributed by atoms with Crippen molar-refractivity contribution in [1.82, 2.24) is 0 Å². The standard InChI is InChI=1S/C26H23FO5/c1-15-11-16(2)23-22(12-15)32-25(17-9-10-20(29-3)21(13-17)30-4)26(24(23)28)31-14-18-7-5-6-8-19(18)27/h5-13H,14H2,1-4H3. The molecule has 0 fully saturated rings. The highest BCUT2D eigenvalue weighted by molar-refractivity contribution is 5.85. The van der Waals surface area contributed by atoms with Gasteiger partial charge >= 0.3 is 0 Å². The predicted molar refractivity (Wildman–Crippen MR) is 121 cm³/mol. The highest BCUT2D eigenvalue weighted by Crippen LogP contribution is 2.37. The van der Waals surface area contributed by atoms with Gasteiger partial charge in [-0.05, 0) is 55.3 Å². The first-order valence-electron chi connectivity index (χ1n) is 10.1. The SMILES string of the molecule is COc1ccc(-c2oc3cc(C)cc(C)c3c(=O)c2OCc2ccccc2F)cc1OC. The molecule has 5 nitrogen and oxygen atoms in total. The molecular weight excluding hydrogens is 411 g/mol. The van der Waals surface area contributed by atoms with Gasteiger partial charge in [-0.2, -0.15) is 0 Å². The molecule has 164 valence electrons. The average Bonchev–Trinajstić information content (AvgIpc) is 2.78. The van der Waals surface area contributed by atoms with Gasteiger partial charge in [-0.25, -0.2) is 4.39 Å². The molecule has 4 aromatic rings. The van der Waals surface area contributed by atoms with Crippen LogP contribution in [0.15, 0.2) is 63.8 Å². The summed E-state index contributed by atoms with van der Waals surface area (Å²) in [4.78, 5) is 13.5. The molecule has 0 unspecified atom stereocenters. The number of methoxy groups -OCH3 is 2. The second-order valence-corrected chi connectivity index (χ2v) is 7.49. The fourth-order valence-electron chi connectivity index (χ4n) is 3.74. The van der Waals surface area contributed by atoms with Crippen LogP contribution in [-0.4, -0.2) is 14.2 Å². The Hall–Kier alpha value is -3.80. The van der Waals surface area contributed by atoms with Gasteiger partial charge in [-0.1, -0.05) is 24.3 Å². The molecule has 0 atom stereocenters. The van der Waals surface area contributed by atoms with Crippen LogP contribution in [0.3, 0.4) is 0 Å². The quantitative estimate of drug-likeness (QED) is 0.383. The number of hydrogen-bond donors (Lipinski definition) is 0. The molecule has 1 heterocycles. The van der Waals surface area contributed by atoms with Crippen LogP contribution < -0.4 is 19.6 Å². The maximum absolute atomic E-state index is 14.1. The Kier molecular flexibility index (Phi) is 5.86. The summed E-state index contributed by atoms with van der Waals surface area (Å²) in [7, 11) is 3.07. The largest absolute Gasteiger partial charge is 0.493 e. The summed E-state index contributed by atoms with van der Waals surface area (Å²) < 4.78 is 37.0. The van der Waals surface area contributed by atoms with E-state index in [9.17, 15) is 9.18 Å². The van der Waals surface area contributed by atoms with E-state index in [4.69, 9.17) is 18.6 Å². The molecule has 0 radical (unpaired) electrons. The molecule has 6 heteroatoms. The number of hydrogen-bond acceptors (Lipinski definition) is 5. The molecule has 0 aliphatic heterocycles. The van der Waals surface area contributed by atoms with E-state index in [1.54, 1.807) is 43.5 Å². The van der Waals surface area contributed by atoms with E-state index in [0.29, 0.717) is 33.6 Å². The third-order valence-corrected chi connectivity index (χ3v) is 5.27. The van der Waals surface area contributed by atoms with Crippen molar-refractivity contribution in [1.29, 1.82) is 0 Å². The van der Waals surface area contributed by atoms with Gasteiger partial charge in [-0.15, -0.1) is 0 Å². The fraction of sp³-hybridized carbons (Fsp3) is 0.192. The van der Waals surface area contributed by atoms with E-state index >= 15 is 0 Å². The summed E-state index contributed by atoms with van der Waals surface area (Å²) in [6.07, 6.45) is 0. The van der Waals surface area contributed by atoms with Crippen molar-refractivity contribution < 1.29 is 23.0 Å². The minimum atomic E-state index is -0.405. The summed E-state index contributed by atoms with van der Waals surface area (Å²) in [5, 5.41) is 0.434. The molecule has 1 aromatic heterocycles. The normalized spacial score (nSPS) is 10.9. The first-order chi connectivity index (χ1) is 15.4. The minimum Gasteiger partial charge on any atom is -0.493 e. The molecule has 0 amide bonds. The van der Waals surface area contributed by atoms with E-state index in [1.165, 1.54) is 13.2 Å². The average molecular weight is 434 g/mol. The highest BCUT2D eigenvalue weighted by atomic mass is 19.1. The Labute approximate surface area is 185 Å². The van der Waals surface area contributed by atoms with Crippen LogP contribution in [-0.2, 0) is 6.61 Å². The number of aryl methyl sites for hydroxylation is 2. The van der Waals surface area contributed by atoms with Crippen molar-refractivity contribution in [2.24, 2.45) is 0 Å². The van der Waals surface area contributed by atoms with E-state index in [2.05, 4.69) is 0 Å². The van der Waals surface area contributed by atoms with E-state index < -0.39 is 5.82 Å². The zero-order valence-corrected chi connectivity index (χ0v) is 18.3. The number of halogens is 1. The molecule has 0 N–H and O–H groups in total. The van der Waals surface area contributed by atoms with Gasteiger partial charge in [0.05, 0.1) is 19.6 Å². The van der Waals surface area contributed by atoms with Crippen LogP contribution in [0.1, 0.15) is 16.7 Å². The monoisotopic (exact) mass is 434 g/mol. The van der Waals surface area contributed by atoms with E-state index in [0.717, 1.165) is 11.1 Å². The third kappa shape index (κ3) is 3.91. The van der Waals surface area contributed by atoms with Crippen LogP contribution in [0, 0.1) is 19.7 Å². The molecule has 0 saturated heterocycles. The molecule has 0 aliphatic carbocycles. The lowest BCUT2D eigenvalue weighted by Gasteiger charge is -2.15. The van der Waals surface area contributed by atoms with Gasteiger partial charge in [0.1, 0.15) is 18.0 Å².